The molecule has 4 nitrogen and oxygen atoms in total. The van der Waals surface area contributed by atoms with Gasteiger partial charge in [-0.2, -0.15) is 0 Å². The quantitative estimate of drug-likeness (QED) is 0.356. The average molecular weight is 426 g/mol. The maximum atomic E-state index is 13.0. The van der Waals surface area contributed by atoms with Gasteiger partial charge in [0.05, 0.1) is 11.2 Å². The maximum absolute atomic E-state index is 13.0. The number of nitrogens with zero attached hydrogens (tertiary/aromatic N) is 1. The summed E-state index contributed by atoms with van der Waals surface area (Å²) in [7, 11) is 0. The number of hydrogen-bond donors (Lipinski definition) is 2. The van der Waals surface area contributed by atoms with Crippen molar-refractivity contribution in [2.45, 2.75) is 13.5 Å². The number of H-pyrrole nitrogens is 1. The Bertz CT molecular complexity index is 1400. The van der Waals surface area contributed by atoms with Gasteiger partial charge >= 0.3 is 0 Å². The summed E-state index contributed by atoms with van der Waals surface area (Å²) < 4.78 is 0. The number of para-hydroxylation sites is 1. The molecule has 0 unspecified atom stereocenters. The van der Waals surface area contributed by atoms with Crippen LogP contribution in [0.4, 0.5) is 0 Å². The molecule has 152 valence electrons. The van der Waals surface area contributed by atoms with Gasteiger partial charge in [0.1, 0.15) is 5.69 Å². The fourth-order valence-corrected chi connectivity index (χ4v) is 3.88. The van der Waals surface area contributed by atoms with Crippen LogP contribution in [0.1, 0.15) is 21.6 Å². The molecule has 5 rings (SSSR count). The highest BCUT2D eigenvalue weighted by atomic mass is 35.5. The highest BCUT2D eigenvalue weighted by Crippen LogP contribution is 2.32. The van der Waals surface area contributed by atoms with Gasteiger partial charge in [-0.15, -0.1) is 0 Å². The van der Waals surface area contributed by atoms with Crippen LogP contribution in [0.2, 0.25) is 5.02 Å². The number of rotatable bonds is 4. The summed E-state index contributed by atoms with van der Waals surface area (Å²) >= 11 is 5.95. The standard InChI is InChI=1S/C26H20ClN3O/c1-16-6-10-18(11-7-16)24-25-21(20-4-2-3-5-22(20)29-25)14-23(30-24)26(31)28-15-17-8-12-19(27)13-9-17/h2-14,29H,15H2,1H3,(H,28,31). The molecule has 0 bridgehead atoms. The molecule has 2 aromatic heterocycles. The van der Waals surface area contributed by atoms with Crippen molar-refractivity contribution >= 4 is 39.3 Å². The Hall–Kier alpha value is -3.63. The second kappa shape index (κ2) is 7.89. The topological polar surface area (TPSA) is 57.8 Å². The van der Waals surface area contributed by atoms with Crippen LogP contribution >= 0.6 is 11.6 Å². The van der Waals surface area contributed by atoms with Gasteiger partial charge in [0.2, 0.25) is 0 Å². The summed E-state index contributed by atoms with van der Waals surface area (Å²) in [6.45, 7) is 2.46. The number of carbonyl (C=O) groups excluding carboxylic acids is 1. The lowest BCUT2D eigenvalue weighted by molar-refractivity contribution is 0.0946. The van der Waals surface area contributed by atoms with Crippen molar-refractivity contribution in [1.82, 2.24) is 15.3 Å². The molecule has 3 aromatic carbocycles. The lowest BCUT2D eigenvalue weighted by atomic mass is 10.0. The van der Waals surface area contributed by atoms with E-state index in [1.807, 2.05) is 60.7 Å². The number of amides is 1. The molecule has 0 radical (unpaired) electrons. The van der Waals surface area contributed by atoms with Gasteiger partial charge in [0.25, 0.3) is 5.91 Å². The molecule has 0 aliphatic rings. The molecule has 0 spiro atoms. The van der Waals surface area contributed by atoms with E-state index in [1.54, 1.807) is 0 Å². The molecule has 5 heteroatoms. The third-order valence-corrected chi connectivity index (χ3v) is 5.67. The minimum atomic E-state index is -0.213. The Morgan fingerprint density at radius 1 is 0.968 bits per heavy atom. The molecule has 0 atom stereocenters. The molecule has 0 aliphatic heterocycles. The van der Waals surface area contributed by atoms with Gasteiger partial charge in [0.15, 0.2) is 0 Å². The molecule has 2 heterocycles. The third kappa shape index (κ3) is 3.78. The number of hydrogen-bond acceptors (Lipinski definition) is 2. The minimum absolute atomic E-state index is 0.213. The molecule has 0 aliphatic carbocycles. The predicted octanol–water partition coefficient (Wildman–Crippen LogP) is 6.27. The van der Waals surface area contributed by atoms with E-state index in [4.69, 9.17) is 16.6 Å². The van der Waals surface area contributed by atoms with E-state index in [0.29, 0.717) is 17.3 Å². The van der Waals surface area contributed by atoms with E-state index >= 15 is 0 Å². The predicted molar refractivity (Wildman–Crippen MR) is 126 cm³/mol. The third-order valence-electron chi connectivity index (χ3n) is 5.42. The Labute approximate surface area is 184 Å². The number of nitrogens with one attached hydrogen (secondary N) is 2. The van der Waals surface area contributed by atoms with Crippen LogP contribution in [-0.4, -0.2) is 15.9 Å². The number of aromatic nitrogens is 2. The lowest BCUT2D eigenvalue weighted by Gasteiger charge is -2.09. The van der Waals surface area contributed by atoms with E-state index in [2.05, 4.69) is 35.4 Å². The van der Waals surface area contributed by atoms with Gasteiger partial charge < -0.3 is 10.3 Å². The van der Waals surface area contributed by atoms with E-state index in [0.717, 1.165) is 38.6 Å². The van der Waals surface area contributed by atoms with Crippen molar-refractivity contribution in [2.24, 2.45) is 0 Å². The Balaban J connectivity index is 1.59. The summed E-state index contributed by atoms with van der Waals surface area (Å²) in [4.78, 5) is 21.3. The van der Waals surface area contributed by atoms with Crippen LogP contribution in [0.3, 0.4) is 0 Å². The summed E-state index contributed by atoms with van der Waals surface area (Å²) in [5.41, 5.74) is 6.23. The molecule has 0 saturated heterocycles. The van der Waals surface area contributed by atoms with Crippen LogP contribution in [-0.2, 0) is 6.54 Å². The minimum Gasteiger partial charge on any atom is -0.353 e. The molecule has 5 aromatic rings. The Morgan fingerprint density at radius 3 is 2.48 bits per heavy atom. The van der Waals surface area contributed by atoms with Crippen molar-refractivity contribution in [3.05, 3.63) is 101 Å². The monoisotopic (exact) mass is 425 g/mol. The highest BCUT2D eigenvalue weighted by molar-refractivity contribution is 6.30. The maximum Gasteiger partial charge on any atom is 0.270 e. The number of aryl methyl sites for hydroxylation is 1. The first-order valence-electron chi connectivity index (χ1n) is 10.1. The summed E-state index contributed by atoms with van der Waals surface area (Å²) in [5, 5.41) is 5.70. The van der Waals surface area contributed by atoms with E-state index in [9.17, 15) is 4.79 Å². The van der Waals surface area contributed by atoms with Crippen molar-refractivity contribution in [1.29, 1.82) is 0 Å². The lowest BCUT2D eigenvalue weighted by Crippen LogP contribution is -2.24. The largest absolute Gasteiger partial charge is 0.353 e. The number of halogens is 1. The van der Waals surface area contributed by atoms with Gasteiger partial charge in [0, 0.05) is 33.4 Å². The van der Waals surface area contributed by atoms with Crippen molar-refractivity contribution < 1.29 is 4.79 Å². The van der Waals surface area contributed by atoms with Crippen LogP contribution < -0.4 is 5.32 Å². The first-order chi connectivity index (χ1) is 15.1. The van der Waals surface area contributed by atoms with E-state index < -0.39 is 0 Å². The van der Waals surface area contributed by atoms with Gasteiger partial charge in [-0.3, -0.25) is 4.79 Å². The summed E-state index contributed by atoms with van der Waals surface area (Å²) in [6, 6.07) is 25.6. The Kier molecular flexibility index (Phi) is 4.92. The molecule has 2 N–H and O–H groups in total. The molecular formula is C26H20ClN3O. The first-order valence-corrected chi connectivity index (χ1v) is 10.5. The number of benzene rings is 3. The number of carbonyl (C=O) groups is 1. The van der Waals surface area contributed by atoms with E-state index in [1.165, 1.54) is 5.56 Å². The number of pyridine rings is 1. The zero-order valence-electron chi connectivity index (χ0n) is 16.9. The fourth-order valence-electron chi connectivity index (χ4n) is 3.76. The molecule has 0 fully saturated rings. The number of fused-ring (bicyclic) bond motifs is 3. The molecule has 31 heavy (non-hydrogen) atoms. The van der Waals surface area contributed by atoms with Gasteiger partial charge in [-0.1, -0.05) is 71.8 Å². The zero-order chi connectivity index (χ0) is 21.4. The number of aromatic amines is 1. The van der Waals surface area contributed by atoms with Crippen molar-refractivity contribution in [2.75, 3.05) is 0 Å². The van der Waals surface area contributed by atoms with Crippen LogP contribution in [0.15, 0.2) is 78.9 Å². The second-order valence-electron chi connectivity index (χ2n) is 7.62. The van der Waals surface area contributed by atoms with Gasteiger partial charge in [-0.25, -0.2) is 4.98 Å². The summed E-state index contributed by atoms with van der Waals surface area (Å²) in [6.07, 6.45) is 0. The van der Waals surface area contributed by atoms with Crippen LogP contribution in [0.5, 0.6) is 0 Å². The molecule has 0 saturated carbocycles. The second-order valence-corrected chi connectivity index (χ2v) is 8.06. The van der Waals surface area contributed by atoms with Crippen LogP contribution in [0.25, 0.3) is 33.1 Å². The zero-order valence-corrected chi connectivity index (χ0v) is 17.7. The molecular weight excluding hydrogens is 406 g/mol. The van der Waals surface area contributed by atoms with E-state index in [-0.39, 0.29) is 5.91 Å². The first kappa shape index (κ1) is 19.3. The van der Waals surface area contributed by atoms with Crippen molar-refractivity contribution in [3.63, 3.8) is 0 Å². The molecule has 1 amide bonds. The highest BCUT2D eigenvalue weighted by Gasteiger charge is 2.17. The SMILES string of the molecule is Cc1ccc(-c2nc(C(=O)NCc3ccc(Cl)cc3)cc3c2[nH]c2ccccc23)cc1. The average Bonchev–Trinajstić information content (AvgIpc) is 3.17. The summed E-state index contributed by atoms with van der Waals surface area (Å²) in [5.74, 6) is -0.213. The normalized spacial score (nSPS) is 11.2. The fraction of sp³-hybridized carbons (Fsp3) is 0.0769. The Morgan fingerprint density at radius 2 is 1.71 bits per heavy atom. The van der Waals surface area contributed by atoms with Crippen molar-refractivity contribution in [3.8, 4) is 11.3 Å². The van der Waals surface area contributed by atoms with Crippen LogP contribution in [0, 0.1) is 6.92 Å². The smallest absolute Gasteiger partial charge is 0.270 e. The van der Waals surface area contributed by atoms with Gasteiger partial charge in [-0.05, 0) is 36.8 Å².